The fourth-order valence-corrected chi connectivity index (χ4v) is 6.89. The fourth-order valence-electron chi connectivity index (χ4n) is 6.89. The van der Waals surface area contributed by atoms with Crippen molar-refractivity contribution in [2.24, 2.45) is 0 Å². The Hall–Kier alpha value is -6.97. The molecule has 0 unspecified atom stereocenters. The molecule has 0 aliphatic rings. The van der Waals surface area contributed by atoms with E-state index in [1.165, 1.54) is 21.9 Å². The lowest BCUT2D eigenvalue weighted by atomic mass is 9.90. The average Bonchev–Trinajstić information content (AvgIpc) is 3.24. The maximum atomic E-state index is 5.21. The Kier molecular flexibility index (Phi) is 8.20. The Morgan fingerprint density at radius 2 is 0.654 bits per heavy atom. The minimum atomic E-state index is 0.626. The molecular weight excluding hydrogens is 631 g/mol. The van der Waals surface area contributed by atoms with Gasteiger partial charge in [-0.3, -0.25) is 0 Å². The number of rotatable bonds is 7. The van der Waals surface area contributed by atoms with E-state index in [4.69, 9.17) is 15.0 Å². The van der Waals surface area contributed by atoms with Crippen LogP contribution in [0.2, 0.25) is 0 Å². The van der Waals surface area contributed by atoms with Crippen molar-refractivity contribution < 1.29 is 0 Å². The molecule has 0 saturated heterocycles. The number of hydrogen-bond acceptors (Lipinski definition) is 3. The molecular formula is C49H33N3. The van der Waals surface area contributed by atoms with Crippen LogP contribution < -0.4 is 0 Å². The van der Waals surface area contributed by atoms with Crippen LogP contribution >= 0.6 is 0 Å². The molecule has 0 spiro atoms. The predicted octanol–water partition coefficient (Wildman–Crippen LogP) is 12.7. The zero-order valence-electron chi connectivity index (χ0n) is 28.4. The Balaban J connectivity index is 1.20. The van der Waals surface area contributed by atoms with Crippen molar-refractivity contribution in [3.63, 3.8) is 0 Å². The van der Waals surface area contributed by atoms with E-state index in [0.717, 1.165) is 50.1 Å². The SMILES string of the molecule is c1ccc(-c2ccc(-c3nc(-c4ccc(-c5ccc6ccccc6c5)cc4)nc(-c4cccc(-c5ccccc5)c4-c4ccccc4)n3)cc2)cc1. The normalized spacial score (nSPS) is 11.1. The first kappa shape index (κ1) is 31.0. The van der Waals surface area contributed by atoms with Crippen LogP contribution in [-0.2, 0) is 0 Å². The lowest BCUT2D eigenvalue weighted by Crippen LogP contribution is -2.02. The first-order valence-electron chi connectivity index (χ1n) is 17.5. The van der Waals surface area contributed by atoms with Gasteiger partial charge in [0.05, 0.1) is 0 Å². The van der Waals surface area contributed by atoms with Crippen LogP contribution in [0.4, 0.5) is 0 Å². The molecule has 1 heterocycles. The van der Waals surface area contributed by atoms with E-state index in [2.05, 4.69) is 188 Å². The molecule has 0 saturated carbocycles. The van der Waals surface area contributed by atoms with Gasteiger partial charge in [0.25, 0.3) is 0 Å². The quantitative estimate of drug-likeness (QED) is 0.170. The Bertz CT molecular complexity index is 2630. The van der Waals surface area contributed by atoms with E-state index in [1.807, 2.05) is 12.1 Å². The van der Waals surface area contributed by atoms with Gasteiger partial charge in [-0.05, 0) is 55.8 Å². The van der Waals surface area contributed by atoms with Crippen molar-refractivity contribution in [2.45, 2.75) is 0 Å². The number of aromatic nitrogens is 3. The van der Waals surface area contributed by atoms with Crippen LogP contribution in [0.25, 0.3) is 89.4 Å². The summed E-state index contributed by atoms with van der Waals surface area (Å²) in [4.78, 5) is 15.5. The second-order valence-corrected chi connectivity index (χ2v) is 12.8. The van der Waals surface area contributed by atoms with Gasteiger partial charge in [0.15, 0.2) is 17.5 Å². The predicted molar refractivity (Wildman–Crippen MR) is 215 cm³/mol. The molecule has 0 N–H and O–H groups in total. The third-order valence-corrected chi connectivity index (χ3v) is 9.56. The van der Waals surface area contributed by atoms with Crippen LogP contribution in [0.15, 0.2) is 200 Å². The highest BCUT2D eigenvalue weighted by molar-refractivity contribution is 5.93. The molecule has 0 bridgehead atoms. The zero-order chi connectivity index (χ0) is 34.7. The summed E-state index contributed by atoms with van der Waals surface area (Å²) in [6, 6.07) is 69.9. The maximum absolute atomic E-state index is 5.21. The van der Waals surface area contributed by atoms with Gasteiger partial charge in [-0.2, -0.15) is 0 Å². The first-order valence-corrected chi connectivity index (χ1v) is 17.5. The number of nitrogens with zero attached hydrogens (tertiary/aromatic N) is 3. The molecule has 0 amide bonds. The smallest absolute Gasteiger partial charge is 0.164 e. The van der Waals surface area contributed by atoms with E-state index in [-0.39, 0.29) is 0 Å². The second kappa shape index (κ2) is 13.7. The van der Waals surface area contributed by atoms with Gasteiger partial charge in [0.1, 0.15) is 0 Å². The van der Waals surface area contributed by atoms with Crippen molar-refractivity contribution in [1.82, 2.24) is 15.0 Å². The first-order chi connectivity index (χ1) is 25.8. The van der Waals surface area contributed by atoms with E-state index in [0.29, 0.717) is 17.5 Å². The Morgan fingerprint density at radius 1 is 0.231 bits per heavy atom. The van der Waals surface area contributed by atoms with Gasteiger partial charge in [0, 0.05) is 22.3 Å². The number of hydrogen-bond donors (Lipinski definition) is 0. The topological polar surface area (TPSA) is 38.7 Å². The van der Waals surface area contributed by atoms with Gasteiger partial charge in [0.2, 0.25) is 0 Å². The second-order valence-electron chi connectivity index (χ2n) is 12.8. The van der Waals surface area contributed by atoms with Crippen LogP contribution in [0.3, 0.4) is 0 Å². The van der Waals surface area contributed by atoms with Crippen molar-refractivity contribution in [3.05, 3.63) is 200 Å². The Labute approximate surface area is 303 Å². The Morgan fingerprint density at radius 3 is 1.27 bits per heavy atom. The van der Waals surface area contributed by atoms with Crippen molar-refractivity contribution in [1.29, 1.82) is 0 Å². The standard InChI is InChI=1S/C49H33N3/c1-4-13-34(14-5-1)36-23-28-40(29-24-36)47-50-48(41-30-25-37(26-31-41)43-32-27-35-15-10-11-20-42(35)33-43)52-49(51-47)45-22-12-21-44(38-16-6-2-7-17-38)46(45)39-18-8-3-9-19-39/h1-33H. The third kappa shape index (κ3) is 6.17. The van der Waals surface area contributed by atoms with Crippen molar-refractivity contribution in [2.75, 3.05) is 0 Å². The summed E-state index contributed by atoms with van der Waals surface area (Å²) in [6.07, 6.45) is 0. The number of fused-ring (bicyclic) bond motifs is 1. The highest BCUT2D eigenvalue weighted by Crippen LogP contribution is 2.40. The minimum absolute atomic E-state index is 0.626. The summed E-state index contributed by atoms with van der Waals surface area (Å²) < 4.78 is 0. The fraction of sp³-hybridized carbons (Fsp3) is 0. The van der Waals surface area contributed by atoms with Gasteiger partial charge in [-0.25, -0.2) is 15.0 Å². The summed E-state index contributed by atoms with van der Waals surface area (Å²) in [5, 5.41) is 2.46. The third-order valence-electron chi connectivity index (χ3n) is 9.56. The summed E-state index contributed by atoms with van der Waals surface area (Å²) >= 11 is 0. The molecule has 244 valence electrons. The molecule has 52 heavy (non-hydrogen) atoms. The highest BCUT2D eigenvalue weighted by Gasteiger charge is 2.19. The van der Waals surface area contributed by atoms with Gasteiger partial charge in [-0.15, -0.1) is 0 Å². The van der Waals surface area contributed by atoms with Crippen LogP contribution in [-0.4, -0.2) is 15.0 Å². The van der Waals surface area contributed by atoms with Crippen LogP contribution in [0.1, 0.15) is 0 Å². The van der Waals surface area contributed by atoms with E-state index in [1.54, 1.807) is 0 Å². The zero-order valence-corrected chi connectivity index (χ0v) is 28.4. The maximum Gasteiger partial charge on any atom is 0.164 e. The van der Waals surface area contributed by atoms with Crippen LogP contribution in [0.5, 0.6) is 0 Å². The monoisotopic (exact) mass is 663 g/mol. The van der Waals surface area contributed by atoms with E-state index in [9.17, 15) is 0 Å². The lowest BCUT2D eigenvalue weighted by molar-refractivity contribution is 1.07. The van der Waals surface area contributed by atoms with Gasteiger partial charge < -0.3 is 0 Å². The molecule has 0 aliphatic carbocycles. The van der Waals surface area contributed by atoms with Gasteiger partial charge >= 0.3 is 0 Å². The molecule has 9 aromatic rings. The summed E-state index contributed by atoms with van der Waals surface area (Å²) in [5.41, 5.74) is 11.9. The minimum Gasteiger partial charge on any atom is -0.208 e. The summed E-state index contributed by atoms with van der Waals surface area (Å²) in [6.45, 7) is 0. The van der Waals surface area contributed by atoms with Crippen molar-refractivity contribution >= 4 is 10.8 Å². The molecule has 0 atom stereocenters. The van der Waals surface area contributed by atoms with Gasteiger partial charge in [-0.1, -0.05) is 194 Å². The molecule has 1 aromatic heterocycles. The van der Waals surface area contributed by atoms with Crippen molar-refractivity contribution in [3.8, 4) is 78.7 Å². The van der Waals surface area contributed by atoms with E-state index >= 15 is 0 Å². The average molecular weight is 664 g/mol. The van der Waals surface area contributed by atoms with E-state index < -0.39 is 0 Å². The summed E-state index contributed by atoms with van der Waals surface area (Å²) in [5.74, 6) is 1.88. The molecule has 9 rings (SSSR count). The molecule has 3 nitrogen and oxygen atoms in total. The largest absolute Gasteiger partial charge is 0.208 e. The molecule has 0 radical (unpaired) electrons. The molecule has 8 aromatic carbocycles. The lowest BCUT2D eigenvalue weighted by Gasteiger charge is -2.16. The molecule has 3 heteroatoms. The van der Waals surface area contributed by atoms with Crippen LogP contribution in [0, 0.1) is 0 Å². The molecule has 0 fully saturated rings. The number of benzene rings is 8. The highest BCUT2D eigenvalue weighted by atomic mass is 15.0. The summed E-state index contributed by atoms with van der Waals surface area (Å²) in [7, 11) is 0. The molecule has 0 aliphatic heterocycles.